The van der Waals surface area contributed by atoms with E-state index in [1.165, 1.54) is 5.56 Å². The summed E-state index contributed by atoms with van der Waals surface area (Å²) in [5, 5.41) is 7.71. The highest BCUT2D eigenvalue weighted by atomic mass is 79.9. The van der Waals surface area contributed by atoms with E-state index in [0.29, 0.717) is 5.84 Å². The minimum Gasteiger partial charge on any atom is -0.457 e. The van der Waals surface area contributed by atoms with E-state index in [4.69, 9.17) is 10.5 Å². The number of rotatable bonds is 7. The zero-order valence-corrected chi connectivity index (χ0v) is 19.8. The van der Waals surface area contributed by atoms with Gasteiger partial charge in [0.05, 0.1) is 11.7 Å². The highest BCUT2D eigenvalue weighted by Crippen LogP contribution is 2.29. The number of halogens is 1. The lowest BCUT2D eigenvalue weighted by Gasteiger charge is -2.23. The predicted molar refractivity (Wildman–Crippen MR) is 134 cm³/mol. The monoisotopic (exact) mass is 490 g/mol. The topological polar surface area (TPSA) is 71.7 Å². The van der Waals surface area contributed by atoms with Crippen LogP contribution in [0, 0.1) is 5.92 Å². The van der Waals surface area contributed by atoms with Crippen LogP contribution in [0.3, 0.4) is 0 Å². The van der Waals surface area contributed by atoms with E-state index >= 15 is 0 Å². The minimum absolute atomic E-state index is 0.0108. The maximum Gasteiger partial charge on any atom is 0.150 e. The van der Waals surface area contributed by atoms with Crippen LogP contribution in [0.25, 0.3) is 5.70 Å². The Bertz CT molecular complexity index is 1130. The van der Waals surface area contributed by atoms with Crippen molar-refractivity contribution in [3.05, 3.63) is 100 Å². The van der Waals surface area contributed by atoms with Crippen molar-refractivity contribution in [1.82, 2.24) is 10.7 Å². The Labute approximate surface area is 197 Å². The Balaban J connectivity index is 1.58. The molecule has 5 nitrogen and oxygen atoms in total. The van der Waals surface area contributed by atoms with Gasteiger partial charge in [-0.05, 0) is 72.0 Å². The summed E-state index contributed by atoms with van der Waals surface area (Å²) in [7, 11) is 1.92. The molecule has 0 amide bonds. The van der Waals surface area contributed by atoms with Crippen LogP contribution in [0.4, 0.5) is 0 Å². The van der Waals surface area contributed by atoms with Gasteiger partial charge < -0.3 is 21.2 Å². The summed E-state index contributed by atoms with van der Waals surface area (Å²) in [6, 6.07) is 26.2. The molecular weight excluding hydrogens is 464 g/mol. The molecule has 1 aliphatic heterocycles. The van der Waals surface area contributed by atoms with Crippen molar-refractivity contribution in [3.63, 3.8) is 0 Å². The van der Waals surface area contributed by atoms with Crippen molar-refractivity contribution in [2.75, 3.05) is 7.05 Å². The van der Waals surface area contributed by atoms with Gasteiger partial charge in [-0.2, -0.15) is 5.10 Å². The molecule has 3 aromatic carbocycles. The molecule has 1 heterocycles. The van der Waals surface area contributed by atoms with Gasteiger partial charge in [0.1, 0.15) is 11.5 Å². The van der Waals surface area contributed by atoms with Crippen molar-refractivity contribution in [1.29, 1.82) is 0 Å². The lowest BCUT2D eigenvalue weighted by molar-refractivity contribution is 0.447. The fraction of sp³-hybridized carbons (Fsp3) is 0.192. The minimum atomic E-state index is 0.0108. The van der Waals surface area contributed by atoms with Crippen LogP contribution in [-0.4, -0.2) is 18.9 Å². The van der Waals surface area contributed by atoms with Crippen LogP contribution in [0.5, 0.6) is 11.5 Å². The molecule has 0 bridgehead atoms. The van der Waals surface area contributed by atoms with Gasteiger partial charge in [0, 0.05) is 17.1 Å². The number of hydrazone groups is 1. The molecule has 0 fully saturated rings. The van der Waals surface area contributed by atoms with Crippen molar-refractivity contribution in [2.45, 2.75) is 19.4 Å². The maximum absolute atomic E-state index is 6.33. The zero-order valence-electron chi connectivity index (χ0n) is 18.2. The summed E-state index contributed by atoms with van der Waals surface area (Å²) in [5.41, 5.74) is 13.8. The molecule has 164 valence electrons. The average Bonchev–Trinajstić information content (AvgIpc) is 3.17. The largest absolute Gasteiger partial charge is 0.457 e. The summed E-state index contributed by atoms with van der Waals surface area (Å²) >= 11 is 3.56. The summed E-state index contributed by atoms with van der Waals surface area (Å²) in [6.45, 7) is 2.22. The van der Waals surface area contributed by atoms with E-state index in [2.05, 4.69) is 56.9 Å². The summed E-state index contributed by atoms with van der Waals surface area (Å²) in [5.74, 6) is 2.40. The van der Waals surface area contributed by atoms with Gasteiger partial charge >= 0.3 is 0 Å². The molecule has 0 saturated carbocycles. The predicted octanol–water partition coefficient (Wildman–Crippen LogP) is 5.29. The number of amidine groups is 1. The average molecular weight is 491 g/mol. The molecule has 0 radical (unpaired) electrons. The lowest BCUT2D eigenvalue weighted by atomic mass is 9.87. The summed E-state index contributed by atoms with van der Waals surface area (Å²) in [6.07, 6.45) is 0.907. The molecule has 4 N–H and O–H groups in total. The first kappa shape index (κ1) is 22.0. The third kappa shape index (κ3) is 4.97. The molecule has 6 heteroatoms. The van der Waals surface area contributed by atoms with E-state index < -0.39 is 0 Å². The molecule has 0 saturated heterocycles. The van der Waals surface area contributed by atoms with E-state index in [1.54, 1.807) is 0 Å². The van der Waals surface area contributed by atoms with Crippen LogP contribution in [-0.2, 0) is 6.42 Å². The fourth-order valence-electron chi connectivity index (χ4n) is 4.02. The summed E-state index contributed by atoms with van der Waals surface area (Å²) in [4.78, 5) is 0. The van der Waals surface area contributed by atoms with Gasteiger partial charge in [-0.25, -0.2) is 0 Å². The normalized spacial score (nSPS) is 17.8. The first-order chi connectivity index (χ1) is 15.5. The van der Waals surface area contributed by atoms with Gasteiger partial charge in [0.15, 0.2) is 5.84 Å². The standard InChI is InChI=1S/C26H27BrN4O/c1-17(15-18-7-6-8-20(27)16-18)24-23(26(28)31-30-24)25(29-2)19-11-13-22(14-12-19)32-21-9-4-3-5-10-21/h3-14,16-17,24,29-30H,15H2,1-2H3,(H2,28,31)/b25-23+. The van der Waals surface area contributed by atoms with Gasteiger partial charge in [0.25, 0.3) is 0 Å². The van der Waals surface area contributed by atoms with E-state index in [9.17, 15) is 0 Å². The van der Waals surface area contributed by atoms with Crippen LogP contribution in [0.1, 0.15) is 18.1 Å². The number of nitrogens with zero attached hydrogens (tertiary/aromatic N) is 1. The number of hydrogen-bond acceptors (Lipinski definition) is 5. The first-order valence-electron chi connectivity index (χ1n) is 10.6. The second-order valence-electron chi connectivity index (χ2n) is 7.89. The highest BCUT2D eigenvalue weighted by Gasteiger charge is 2.31. The Kier molecular flexibility index (Phi) is 6.81. The van der Waals surface area contributed by atoms with Gasteiger partial charge in [-0.1, -0.05) is 53.2 Å². The zero-order chi connectivity index (χ0) is 22.5. The molecular formula is C26H27BrN4O. The summed E-state index contributed by atoms with van der Waals surface area (Å²) < 4.78 is 7.01. The number of para-hydroxylation sites is 1. The van der Waals surface area contributed by atoms with Crippen molar-refractivity contribution in [2.24, 2.45) is 16.8 Å². The Hall–Kier alpha value is -3.25. The number of benzene rings is 3. The van der Waals surface area contributed by atoms with E-state index in [1.807, 2.05) is 67.7 Å². The number of nitrogens with one attached hydrogen (secondary N) is 2. The van der Waals surface area contributed by atoms with Gasteiger partial charge in [-0.3, -0.25) is 0 Å². The second-order valence-corrected chi connectivity index (χ2v) is 8.81. The van der Waals surface area contributed by atoms with Gasteiger partial charge in [-0.15, -0.1) is 0 Å². The molecule has 3 aromatic rings. The molecule has 2 atom stereocenters. The molecule has 2 unspecified atom stereocenters. The Morgan fingerprint density at radius 3 is 2.47 bits per heavy atom. The van der Waals surface area contributed by atoms with Crippen LogP contribution in [0.2, 0.25) is 0 Å². The quantitative estimate of drug-likeness (QED) is 0.420. The van der Waals surface area contributed by atoms with Crippen LogP contribution >= 0.6 is 15.9 Å². The molecule has 0 aliphatic carbocycles. The van der Waals surface area contributed by atoms with Crippen LogP contribution < -0.4 is 21.2 Å². The maximum atomic E-state index is 6.33. The first-order valence-corrected chi connectivity index (χ1v) is 11.4. The van der Waals surface area contributed by atoms with Crippen molar-refractivity contribution < 1.29 is 4.74 Å². The van der Waals surface area contributed by atoms with Crippen molar-refractivity contribution in [3.8, 4) is 11.5 Å². The van der Waals surface area contributed by atoms with Crippen LogP contribution in [0.15, 0.2) is 94.0 Å². The lowest BCUT2D eigenvalue weighted by Crippen LogP contribution is -2.34. The molecule has 1 aliphatic rings. The number of nitrogens with two attached hydrogens (primary N) is 1. The molecule has 32 heavy (non-hydrogen) atoms. The second kappa shape index (κ2) is 9.92. The number of hydrogen-bond donors (Lipinski definition) is 3. The molecule has 0 spiro atoms. The molecule has 0 aromatic heterocycles. The smallest absolute Gasteiger partial charge is 0.150 e. The fourth-order valence-corrected chi connectivity index (χ4v) is 4.47. The van der Waals surface area contributed by atoms with E-state index in [-0.39, 0.29) is 12.0 Å². The van der Waals surface area contributed by atoms with Gasteiger partial charge in [0.2, 0.25) is 0 Å². The van der Waals surface area contributed by atoms with Crippen molar-refractivity contribution >= 4 is 27.5 Å². The third-order valence-electron chi connectivity index (χ3n) is 5.57. The SMILES string of the molecule is CN/C(=C1/C(N)=NNC1C(C)Cc1cccc(Br)c1)c1ccc(Oc2ccccc2)cc1. The Morgan fingerprint density at radius 2 is 1.78 bits per heavy atom. The highest BCUT2D eigenvalue weighted by molar-refractivity contribution is 9.10. The third-order valence-corrected chi connectivity index (χ3v) is 6.06. The molecule has 4 rings (SSSR count). The number of ether oxygens (including phenoxy) is 1. The van der Waals surface area contributed by atoms with E-state index in [0.717, 1.165) is 39.2 Å². The Morgan fingerprint density at radius 1 is 1.06 bits per heavy atom.